The van der Waals surface area contributed by atoms with Crippen LogP contribution in [-0.2, 0) is 0 Å². The molecule has 1 unspecified atom stereocenters. The predicted molar refractivity (Wildman–Crippen MR) is 72.9 cm³/mol. The molecule has 0 aromatic carbocycles. The van der Waals surface area contributed by atoms with Crippen molar-refractivity contribution in [2.24, 2.45) is 0 Å². The monoisotopic (exact) mass is 288 g/mol. The number of aromatic nitrogens is 1. The molecule has 0 saturated carbocycles. The van der Waals surface area contributed by atoms with Gasteiger partial charge in [-0.1, -0.05) is 0 Å². The molecule has 0 aliphatic carbocycles. The van der Waals surface area contributed by atoms with E-state index in [1.54, 1.807) is 0 Å². The van der Waals surface area contributed by atoms with E-state index < -0.39 is 0 Å². The molecule has 0 spiro atoms. The summed E-state index contributed by atoms with van der Waals surface area (Å²) >= 11 is 5.29. The molecule has 15 heavy (non-hydrogen) atoms. The highest BCUT2D eigenvalue weighted by atomic mass is 79.9. The van der Waals surface area contributed by atoms with E-state index in [1.807, 2.05) is 18.0 Å². The smallest absolute Gasteiger partial charge is 0.131 e. The van der Waals surface area contributed by atoms with Crippen molar-refractivity contribution in [2.45, 2.75) is 19.9 Å². The van der Waals surface area contributed by atoms with Gasteiger partial charge in [0.2, 0.25) is 0 Å². The number of nitrogens with zero attached hydrogens (tertiary/aromatic N) is 2. The number of hydrogen-bond donors (Lipinski definition) is 0. The van der Waals surface area contributed by atoms with Crippen molar-refractivity contribution in [3.05, 3.63) is 22.3 Å². The first-order valence-corrected chi connectivity index (χ1v) is 7.09. The molecule has 0 fully saturated rings. The van der Waals surface area contributed by atoms with E-state index in [0.29, 0.717) is 6.04 Å². The Morgan fingerprint density at radius 1 is 1.60 bits per heavy atom. The van der Waals surface area contributed by atoms with E-state index in [9.17, 15) is 0 Å². The lowest BCUT2D eigenvalue weighted by Gasteiger charge is -2.26. The first-order chi connectivity index (χ1) is 7.06. The third-order valence-corrected chi connectivity index (χ3v) is 3.67. The largest absolute Gasteiger partial charge is 0.356 e. The molecule has 1 heterocycles. The number of pyridine rings is 1. The zero-order chi connectivity index (χ0) is 11.4. The average Bonchev–Trinajstić information content (AvgIpc) is 2.17. The van der Waals surface area contributed by atoms with Gasteiger partial charge in [0.05, 0.1) is 0 Å². The van der Waals surface area contributed by atoms with Crippen LogP contribution in [0.1, 0.15) is 12.5 Å². The van der Waals surface area contributed by atoms with E-state index in [-0.39, 0.29) is 0 Å². The van der Waals surface area contributed by atoms with Gasteiger partial charge in [-0.25, -0.2) is 4.98 Å². The second kappa shape index (κ2) is 5.75. The number of anilines is 1. The summed E-state index contributed by atoms with van der Waals surface area (Å²) in [6, 6.07) is 2.61. The van der Waals surface area contributed by atoms with Crippen molar-refractivity contribution in [3.8, 4) is 0 Å². The van der Waals surface area contributed by atoms with Gasteiger partial charge in [0.25, 0.3) is 0 Å². The van der Waals surface area contributed by atoms with Crippen LogP contribution in [0.5, 0.6) is 0 Å². The summed E-state index contributed by atoms with van der Waals surface area (Å²) in [6.07, 6.45) is 3.98. The molecule has 0 amide bonds. The van der Waals surface area contributed by atoms with Gasteiger partial charge in [0.15, 0.2) is 0 Å². The average molecular weight is 289 g/mol. The fraction of sp³-hybridized carbons (Fsp3) is 0.545. The molecule has 1 rings (SSSR count). The molecule has 0 aliphatic rings. The van der Waals surface area contributed by atoms with Crippen molar-refractivity contribution >= 4 is 33.5 Å². The number of thioether (sulfide) groups is 1. The lowest BCUT2D eigenvalue weighted by Crippen LogP contribution is -2.32. The van der Waals surface area contributed by atoms with Gasteiger partial charge >= 0.3 is 0 Å². The normalized spacial score (nSPS) is 12.6. The number of rotatable bonds is 4. The maximum atomic E-state index is 4.45. The Labute approximate surface area is 105 Å². The van der Waals surface area contributed by atoms with Crippen LogP contribution in [0.15, 0.2) is 16.7 Å². The summed E-state index contributed by atoms with van der Waals surface area (Å²) in [4.78, 5) is 6.69. The SMILES string of the molecule is CSCC(C)N(C)c1ncc(Br)cc1C. The van der Waals surface area contributed by atoms with Crippen LogP contribution in [-0.4, -0.2) is 30.1 Å². The topological polar surface area (TPSA) is 16.1 Å². The minimum atomic E-state index is 0.507. The molecule has 1 aromatic heterocycles. The predicted octanol–water partition coefficient (Wildman–Crippen LogP) is 3.34. The van der Waals surface area contributed by atoms with Gasteiger partial charge in [-0.15, -0.1) is 0 Å². The van der Waals surface area contributed by atoms with Crippen LogP contribution in [0.3, 0.4) is 0 Å². The van der Waals surface area contributed by atoms with Gasteiger partial charge in [-0.2, -0.15) is 11.8 Å². The summed E-state index contributed by atoms with van der Waals surface area (Å²) in [5.41, 5.74) is 1.21. The molecule has 0 N–H and O–H groups in total. The Morgan fingerprint density at radius 2 is 2.27 bits per heavy atom. The zero-order valence-corrected chi connectivity index (χ0v) is 12.0. The Morgan fingerprint density at radius 3 is 2.80 bits per heavy atom. The number of halogens is 1. The quantitative estimate of drug-likeness (QED) is 0.845. The van der Waals surface area contributed by atoms with Crippen LogP contribution >= 0.6 is 27.7 Å². The van der Waals surface area contributed by atoms with Crippen molar-refractivity contribution in [3.63, 3.8) is 0 Å². The molecule has 0 bridgehead atoms. The molecule has 2 nitrogen and oxygen atoms in total. The molecule has 1 atom stereocenters. The van der Waals surface area contributed by atoms with E-state index >= 15 is 0 Å². The lowest BCUT2D eigenvalue weighted by atomic mass is 10.2. The van der Waals surface area contributed by atoms with Crippen molar-refractivity contribution in [1.82, 2.24) is 4.98 Å². The number of hydrogen-bond acceptors (Lipinski definition) is 3. The standard InChI is InChI=1S/C11H17BrN2S/c1-8-5-10(12)6-13-11(8)14(3)9(2)7-15-4/h5-6,9H,7H2,1-4H3. The molecule has 0 radical (unpaired) electrons. The molecule has 0 aliphatic heterocycles. The zero-order valence-electron chi connectivity index (χ0n) is 9.62. The van der Waals surface area contributed by atoms with Gasteiger partial charge in [0.1, 0.15) is 5.82 Å². The summed E-state index contributed by atoms with van der Waals surface area (Å²) in [7, 11) is 2.10. The first-order valence-electron chi connectivity index (χ1n) is 4.90. The van der Waals surface area contributed by atoms with Crippen molar-refractivity contribution in [2.75, 3.05) is 24.0 Å². The third-order valence-electron chi connectivity index (χ3n) is 2.42. The Kier molecular flexibility index (Phi) is 4.93. The van der Waals surface area contributed by atoms with Crippen LogP contribution in [0.25, 0.3) is 0 Å². The van der Waals surface area contributed by atoms with Gasteiger partial charge in [0, 0.05) is 29.5 Å². The van der Waals surface area contributed by atoms with Crippen LogP contribution < -0.4 is 4.90 Å². The Hall–Kier alpha value is -0.220. The third kappa shape index (κ3) is 3.38. The highest BCUT2D eigenvalue weighted by Crippen LogP contribution is 2.21. The van der Waals surface area contributed by atoms with Crippen molar-refractivity contribution in [1.29, 1.82) is 0 Å². The molecule has 0 saturated heterocycles. The Balaban J connectivity index is 2.86. The highest BCUT2D eigenvalue weighted by molar-refractivity contribution is 9.10. The molecule has 1 aromatic rings. The minimum absolute atomic E-state index is 0.507. The summed E-state index contributed by atoms with van der Waals surface area (Å²) in [6.45, 7) is 4.31. The first kappa shape index (κ1) is 12.8. The number of aryl methyl sites for hydroxylation is 1. The second-order valence-corrected chi connectivity index (χ2v) is 5.54. The fourth-order valence-electron chi connectivity index (χ4n) is 1.46. The van der Waals surface area contributed by atoms with E-state index in [4.69, 9.17) is 0 Å². The minimum Gasteiger partial charge on any atom is -0.356 e. The molecule has 4 heteroatoms. The lowest BCUT2D eigenvalue weighted by molar-refractivity contribution is 0.750. The Bertz CT molecular complexity index is 330. The molecular formula is C11H17BrN2S. The van der Waals surface area contributed by atoms with E-state index in [1.165, 1.54) is 5.56 Å². The summed E-state index contributed by atoms with van der Waals surface area (Å²) < 4.78 is 1.04. The summed E-state index contributed by atoms with van der Waals surface area (Å²) in [5.74, 6) is 2.19. The molecule has 84 valence electrons. The van der Waals surface area contributed by atoms with Crippen LogP contribution in [0, 0.1) is 6.92 Å². The maximum absolute atomic E-state index is 4.45. The van der Waals surface area contributed by atoms with E-state index in [0.717, 1.165) is 16.0 Å². The van der Waals surface area contributed by atoms with Gasteiger partial charge in [-0.3, -0.25) is 0 Å². The molecular weight excluding hydrogens is 272 g/mol. The fourth-order valence-corrected chi connectivity index (χ4v) is 2.62. The second-order valence-electron chi connectivity index (χ2n) is 3.71. The van der Waals surface area contributed by atoms with Crippen LogP contribution in [0.4, 0.5) is 5.82 Å². The van der Waals surface area contributed by atoms with Crippen molar-refractivity contribution < 1.29 is 0 Å². The highest BCUT2D eigenvalue weighted by Gasteiger charge is 2.12. The maximum Gasteiger partial charge on any atom is 0.131 e. The van der Waals surface area contributed by atoms with E-state index in [2.05, 4.69) is 59.0 Å². The van der Waals surface area contributed by atoms with Crippen LogP contribution in [0.2, 0.25) is 0 Å². The summed E-state index contributed by atoms with van der Waals surface area (Å²) in [5, 5.41) is 0. The van der Waals surface area contributed by atoms with Gasteiger partial charge < -0.3 is 4.90 Å². The van der Waals surface area contributed by atoms with Gasteiger partial charge in [-0.05, 0) is 47.7 Å².